The van der Waals surface area contributed by atoms with Crippen molar-refractivity contribution < 1.29 is 19.4 Å². The number of esters is 1. The molecule has 0 bridgehead atoms. The Morgan fingerprint density at radius 3 is 2.36 bits per heavy atom. The van der Waals surface area contributed by atoms with Crippen molar-refractivity contribution in [3.8, 4) is 0 Å². The molecule has 0 saturated carbocycles. The smallest absolute Gasteiger partial charge is 0.348 e. The summed E-state index contributed by atoms with van der Waals surface area (Å²) in [7, 11) is 0. The predicted molar refractivity (Wildman–Crippen MR) is 109 cm³/mol. The van der Waals surface area contributed by atoms with Crippen LogP contribution in [0.15, 0.2) is 71.3 Å². The molecular weight excluding hydrogens is 374 g/mol. The van der Waals surface area contributed by atoms with Crippen LogP contribution in [-0.4, -0.2) is 17.0 Å². The topological polar surface area (TPSA) is 89.6 Å². The third kappa shape index (κ3) is 4.95. The van der Waals surface area contributed by atoms with E-state index in [1.165, 1.54) is 11.8 Å². The van der Waals surface area contributed by atoms with Gasteiger partial charge in [0.15, 0.2) is 0 Å². The van der Waals surface area contributed by atoms with Crippen molar-refractivity contribution in [1.29, 1.82) is 0 Å². The number of rotatable bonds is 8. The van der Waals surface area contributed by atoms with E-state index < -0.39 is 18.0 Å². The zero-order chi connectivity index (χ0) is 19.9. The summed E-state index contributed by atoms with van der Waals surface area (Å²) in [6, 6.07) is 19.1. The average molecular weight is 397 g/mol. The van der Waals surface area contributed by atoms with Gasteiger partial charge in [-0.1, -0.05) is 60.7 Å². The summed E-state index contributed by atoms with van der Waals surface area (Å²) in [5.74, 6) is -0.711. The van der Waals surface area contributed by atoms with Gasteiger partial charge in [0, 0.05) is 12.2 Å². The molecule has 28 heavy (non-hydrogen) atoms. The van der Waals surface area contributed by atoms with Crippen molar-refractivity contribution in [1.82, 2.24) is 0 Å². The molecule has 1 aliphatic rings. The molecule has 146 valence electrons. The normalized spacial score (nSPS) is 19.4. The Morgan fingerprint density at radius 2 is 1.71 bits per heavy atom. The highest BCUT2D eigenvalue weighted by Crippen LogP contribution is 2.43. The van der Waals surface area contributed by atoms with E-state index in [4.69, 9.17) is 10.5 Å². The number of carbonyl (C=O) groups excluding carboxylic acids is 2. The quantitative estimate of drug-likeness (QED) is 0.650. The number of primary amides is 1. The largest absolute Gasteiger partial charge is 0.510 e. The fourth-order valence-electron chi connectivity index (χ4n) is 3.26. The summed E-state index contributed by atoms with van der Waals surface area (Å²) in [6.45, 7) is 0. The molecule has 2 aromatic carbocycles. The van der Waals surface area contributed by atoms with Crippen LogP contribution in [-0.2, 0) is 20.1 Å². The highest BCUT2D eigenvalue weighted by Gasteiger charge is 2.38. The standard InChI is InChI=1S/C22H23NO4S/c23-18(24)13-7-12-17-19(25)21(28-14-15-8-3-1-4-9-15)22(26)27-20(17)16-10-5-2-6-11-16/h1-6,8-11,17,20,25H,7,12-14H2,(H2,23,24). The third-order valence-corrected chi connectivity index (χ3v) is 5.80. The van der Waals surface area contributed by atoms with Gasteiger partial charge in [0.25, 0.3) is 0 Å². The van der Waals surface area contributed by atoms with Gasteiger partial charge in [-0.2, -0.15) is 0 Å². The molecule has 2 aromatic rings. The molecule has 5 nitrogen and oxygen atoms in total. The molecule has 0 aliphatic carbocycles. The average Bonchev–Trinajstić information content (AvgIpc) is 2.70. The Balaban J connectivity index is 1.83. The fraction of sp³-hybridized carbons (Fsp3) is 0.273. The zero-order valence-electron chi connectivity index (χ0n) is 15.4. The summed E-state index contributed by atoms with van der Waals surface area (Å²) in [6.07, 6.45) is 0.660. The van der Waals surface area contributed by atoms with Crippen LogP contribution in [0.3, 0.4) is 0 Å². The lowest BCUT2D eigenvalue weighted by Gasteiger charge is -2.32. The number of hydrogen-bond acceptors (Lipinski definition) is 5. The molecular formula is C22H23NO4S. The predicted octanol–water partition coefficient (Wildman–Crippen LogP) is 4.26. The summed E-state index contributed by atoms with van der Waals surface area (Å²) in [5.41, 5.74) is 7.12. The maximum atomic E-state index is 12.6. The highest BCUT2D eigenvalue weighted by molar-refractivity contribution is 8.03. The van der Waals surface area contributed by atoms with Gasteiger partial charge < -0.3 is 15.6 Å². The summed E-state index contributed by atoms with van der Waals surface area (Å²) in [5, 5.41) is 10.9. The molecule has 1 heterocycles. The lowest BCUT2D eigenvalue weighted by molar-refractivity contribution is -0.149. The highest BCUT2D eigenvalue weighted by atomic mass is 32.2. The number of aliphatic hydroxyl groups excluding tert-OH is 1. The maximum Gasteiger partial charge on any atom is 0.348 e. The van der Waals surface area contributed by atoms with Crippen molar-refractivity contribution in [3.63, 3.8) is 0 Å². The first-order valence-electron chi connectivity index (χ1n) is 9.20. The van der Waals surface area contributed by atoms with Crippen molar-refractivity contribution >= 4 is 23.6 Å². The van der Waals surface area contributed by atoms with Crippen molar-refractivity contribution in [3.05, 3.63) is 82.5 Å². The number of benzene rings is 2. The fourth-order valence-corrected chi connectivity index (χ4v) is 4.23. The number of ether oxygens (including phenoxy) is 1. The van der Waals surface area contributed by atoms with E-state index in [-0.39, 0.29) is 23.0 Å². The molecule has 0 fully saturated rings. The van der Waals surface area contributed by atoms with Gasteiger partial charge in [0.05, 0.1) is 5.92 Å². The van der Waals surface area contributed by atoms with Gasteiger partial charge >= 0.3 is 5.97 Å². The van der Waals surface area contributed by atoms with Crippen LogP contribution in [0, 0.1) is 5.92 Å². The lowest BCUT2D eigenvalue weighted by atomic mass is 9.87. The van der Waals surface area contributed by atoms with Crippen LogP contribution in [0.4, 0.5) is 0 Å². The molecule has 2 unspecified atom stereocenters. The number of amides is 1. The molecule has 0 spiro atoms. The minimum Gasteiger partial charge on any atom is -0.510 e. The van der Waals surface area contributed by atoms with E-state index in [1.807, 2.05) is 60.7 Å². The molecule has 3 N–H and O–H groups in total. The molecule has 1 aliphatic heterocycles. The van der Waals surface area contributed by atoms with E-state index in [9.17, 15) is 14.7 Å². The maximum absolute atomic E-state index is 12.6. The molecule has 0 saturated heterocycles. The monoisotopic (exact) mass is 397 g/mol. The second-order valence-electron chi connectivity index (χ2n) is 6.69. The number of carbonyl (C=O) groups is 2. The molecule has 1 amide bonds. The number of thioether (sulfide) groups is 1. The zero-order valence-corrected chi connectivity index (χ0v) is 16.2. The van der Waals surface area contributed by atoms with Crippen molar-refractivity contribution in [2.24, 2.45) is 11.7 Å². The SMILES string of the molecule is NC(=O)CCCC1C(O)=C(SCc2ccccc2)C(=O)OC1c1ccccc1. The van der Waals surface area contributed by atoms with E-state index >= 15 is 0 Å². The van der Waals surface area contributed by atoms with Gasteiger partial charge in [-0.15, -0.1) is 11.8 Å². The lowest BCUT2D eigenvalue weighted by Crippen LogP contribution is -2.29. The Labute approximate surface area is 168 Å². The second kappa shape index (κ2) is 9.46. The Bertz CT molecular complexity index is 851. The van der Waals surface area contributed by atoms with E-state index in [0.717, 1.165) is 11.1 Å². The van der Waals surface area contributed by atoms with Crippen LogP contribution in [0.2, 0.25) is 0 Å². The first kappa shape index (κ1) is 20.0. The van der Waals surface area contributed by atoms with Gasteiger partial charge in [-0.05, 0) is 24.0 Å². The first-order chi connectivity index (χ1) is 13.6. The van der Waals surface area contributed by atoms with Crippen LogP contribution < -0.4 is 5.73 Å². The Morgan fingerprint density at radius 1 is 1.07 bits per heavy atom. The van der Waals surface area contributed by atoms with Gasteiger partial charge in [0.2, 0.25) is 5.91 Å². The third-order valence-electron chi connectivity index (χ3n) is 4.66. The molecule has 0 radical (unpaired) electrons. The summed E-state index contributed by atoms with van der Waals surface area (Å²) in [4.78, 5) is 23.9. The summed E-state index contributed by atoms with van der Waals surface area (Å²) >= 11 is 1.27. The van der Waals surface area contributed by atoms with Gasteiger partial charge in [-0.25, -0.2) is 4.79 Å². The van der Waals surface area contributed by atoms with E-state index in [0.29, 0.717) is 18.6 Å². The Hall–Kier alpha value is -2.73. The van der Waals surface area contributed by atoms with E-state index in [2.05, 4.69) is 0 Å². The molecule has 3 rings (SSSR count). The van der Waals surface area contributed by atoms with Crippen molar-refractivity contribution in [2.45, 2.75) is 31.1 Å². The van der Waals surface area contributed by atoms with Gasteiger partial charge in [0.1, 0.15) is 16.8 Å². The first-order valence-corrected chi connectivity index (χ1v) is 10.2. The minimum absolute atomic E-state index is 0.0375. The number of aliphatic hydroxyl groups is 1. The van der Waals surface area contributed by atoms with Crippen LogP contribution >= 0.6 is 11.8 Å². The van der Waals surface area contributed by atoms with Crippen LogP contribution in [0.1, 0.15) is 36.5 Å². The number of hydrogen-bond donors (Lipinski definition) is 2. The number of cyclic esters (lactones) is 1. The van der Waals surface area contributed by atoms with E-state index in [1.54, 1.807) is 0 Å². The molecule has 0 aromatic heterocycles. The minimum atomic E-state index is -0.581. The van der Waals surface area contributed by atoms with Gasteiger partial charge in [-0.3, -0.25) is 4.79 Å². The van der Waals surface area contributed by atoms with Crippen LogP contribution in [0.5, 0.6) is 0 Å². The Kier molecular flexibility index (Phi) is 6.76. The number of nitrogens with two attached hydrogens (primary N) is 1. The summed E-state index contributed by atoms with van der Waals surface area (Å²) < 4.78 is 5.72. The van der Waals surface area contributed by atoms with Crippen molar-refractivity contribution in [2.75, 3.05) is 0 Å². The van der Waals surface area contributed by atoms with Crippen LogP contribution in [0.25, 0.3) is 0 Å². The second-order valence-corrected chi connectivity index (χ2v) is 7.68. The molecule has 2 atom stereocenters. The molecule has 6 heteroatoms.